The zero-order chi connectivity index (χ0) is 13.0. The maximum atomic E-state index is 12.0. The van der Waals surface area contributed by atoms with Gasteiger partial charge in [0, 0.05) is 22.8 Å². The first-order chi connectivity index (χ1) is 8.62. The van der Waals surface area contributed by atoms with Crippen molar-refractivity contribution in [3.63, 3.8) is 0 Å². The van der Waals surface area contributed by atoms with E-state index < -0.39 is 10.0 Å². The Morgan fingerprint density at radius 3 is 1.89 bits per heavy atom. The SMILES string of the molecule is O=S(=O)(CCl)N(Cc1cccs1)Cc1cccs1. The Labute approximate surface area is 120 Å². The summed E-state index contributed by atoms with van der Waals surface area (Å²) in [5.41, 5.74) is 0. The first-order valence-corrected chi connectivity index (χ1v) is 9.10. The Kier molecular flexibility index (Phi) is 4.80. The highest BCUT2D eigenvalue weighted by molar-refractivity contribution is 7.90. The minimum Gasteiger partial charge on any atom is -0.211 e. The molecule has 0 unspecified atom stereocenters. The van der Waals surface area contributed by atoms with E-state index in [4.69, 9.17) is 11.6 Å². The van der Waals surface area contributed by atoms with Crippen molar-refractivity contribution in [2.45, 2.75) is 13.1 Å². The van der Waals surface area contributed by atoms with Gasteiger partial charge in [-0.25, -0.2) is 8.42 Å². The van der Waals surface area contributed by atoms with Gasteiger partial charge in [0.05, 0.1) is 0 Å². The van der Waals surface area contributed by atoms with Gasteiger partial charge in [-0.1, -0.05) is 12.1 Å². The van der Waals surface area contributed by atoms with Crippen molar-refractivity contribution in [3.8, 4) is 0 Å². The van der Waals surface area contributed by atoms with Crippen LogP contribution in [-0.4, -0.2) is 17.9 Å². The van der Waals surface area contributed by atoms with Crippen LogP contribution in [0.4, 0.5) is 0 Å². The molecule has 0 fully saturated rings. The van der Waals surface area contributed by atoms with Gasteiger partial charge in [0.1, 0.15) is 5.21 Å². The van der Waals surface area contributed by atoms with Gasteiger partial charge in [0.15, 0.2) is 0 Å². The molecular weight excluding hydrogens is 310 g/mol. The maximum Gasteiger partial charge on any atom is 0.228 e. The average Bonchev–Trinajstić information content (AvgIpc) is 3.01. The lowest BCUT2D eigenvalue weighted by molar-refractivity contribution is 0.410. The second-order valence-corrected chi connectivity index (χ2v) is 8.27. The Hall–Kier alpha value is -0.400. The van der Waals surface area contributed by atoms with Crippen LogP contribution in [0.15, 0.2) is 35.0 Å². The highest BCUT2D eigenvalue weighted by Crippen LogP contribution is 2.20. The second kappa shape index (κ2) is 6.16. The van der Waals surface area contributed by atoms with Gasteiger partial charge in [-0.3, -0.25) is 0 Å². The van der Waals surface area contributed by atoms with Crippen LogP contribution in [0.25, 0.3) is 0 Å². The van der Waals surface area contributed by atoms with Crippen LogP contribution in [0.3, 0.4) is 0 Å². The Morgan fingerprint density at radius 1 is 1.06 bits per heavy atom. The third-order valence-corrected chi connectivity index (χ3v) is 6.23. The summed E-state index contributed by atoms with van der Waals surface area (Å²) in [7, 11) is -3.40. The molecule has 0 spiro atoms. The summed E-state index contributed by atoms with van der Waals surface area (Å²) < 4.78 is 25.3. The maximum absolute atomic E-state index is 12.0. The largest absolute Gasteiger partial charge is 0.228 e. The molecule has 0 atom stereocenters. The Bertz CT molecular complexity index is 527. The van der Waals surface area contributed by atoms with Crippen molar-refractivity contribution < 1.29 is 8.42 Å². The van der Waals surface area contributed by atoms with E-state index in [9.17, 15) is 8.42 Å². The predicted octanol–water partition coefficient (Wildman–Crippen LogP) is 3.34. The number of rotatable bonds is 6. The van der Waals surface area contributed by atoms with Gasteiger partial charge in [-0.05, 0) is 22.9 Å². The normalized spacial score (nSPS) is 12.1. The second-order valence-electron chi connectivity index (χ2n) is 3.65. The molecule has 2 rings (SSSR count). The molecule has 0 aliphatic heterocycles. The molecule has 0 aliphatic rings. The van der Waals surface area contributed by atoms with Gasteiger partial charge >= 0.3 is 0 Å². The van der Waals surface area contributed by atoms with Crippen molar-refractivity contribution in [1.29, 1.82) is 0 Å². The fourth-order valence-electron chi connectivity index (χ4n) is 1.47. The van der Waals surface area contributed by atoms with E-state index >= 15 is 0 Å². The molecule has 0 radical (unpaired) electrons. The average molecular weight is 322 g/mol. The lowest BCUT2D eigenvalue weighted by Crippen LogP contribution is -2.30. The summed E-state index contributed by atoms with van der Waals surface area (Å²) >= 11 is 8.63. The van der Waals surface area contributed by atoms with Crippen LogP contribution < -0.4 is 0 Å². The van der Waals surface area contributed by atoms with Crippen molar-refractivity contribution >= 4 is 44.3 Å². The molecule has 2 aromatic heterocycles. The lowest BCUT2D eigenvalue weighted by atomic mass is 10.4. The van der Waals surface area contributed by atoms with Crippen LogP contribution in [0, 0.1) is 0 Å². The van der Waals surface area contributed by atoms with Crippen molar-refractivity contribution in [2.24, 2.45) is 0 Å². The van der Waals surface area contributed by atoms with Crippen molar-refractivity contribution in [3.05, 3.63) is 44.8 Å². The fraction of sp³-hybridized carbons (Fsp3) is 0.273. The molecule has 2 heterocycles. The van der Waals surface area contributed by atoms with E-state index in [1.54, 1.807) is 22.7 Å². The first-order valence-electron chi connectivity index (χ1n) is 5.20. The van der Waals surface area contributed by atoms with E-state index in [2.05, 4.69) is 0 Å². The zero-order valence-electron chi connectivity index (χ0n) is 9.45. The summed E-state index contributed by atoms with van der Waals surface area (Å²) in [6.45, 7) is 0.759. The summed E-state index contributed by atoms with van der Waals surface area (Å²) in [4.78, 5) is 2.03. The van der Waals surface area contributed by atoms with Crippen LogP contribution in [0.5, 0.6) is 0 Å². The van der Waals surface area contributed by atoms with Crippen LogP contribution in [-0.2, 0) is 23.1 Å². The molecule has 7 heteroatoms. The molecule has 0 saturated carbocycles. The van der Waals surface area contributed by atoms with Gasteiger partial charge in [-0.15, -0.1) is 34.3 Å². The van der Waals surface area contributed by atoms with Crippen molar-refractivity contribution in [2.75, 3.05) is 5.21 Å². The van der Waals surface area contributed by atoms with Gasteiger partial charge in [-0.2, -0.15) is 4.31 Å². The Balaban J connectivity index is 2.18. The molecule has 0 N–H and O–H groups in total. The predicted molar refractivity (Wildman–Crippen MR) is 77.5 cm³/mol. The summed E-state index contributed by atoms with van der Waals surface area (Å²) in [5, 5.41) is 3.49. The topological polar surface area (TPSA) is 37.4 Å². The monoisotopic (exact) mass is 321 g/mol. The highest BCUT2D eigenvalue weighted by Gasteiger charge is 2.22. The number of alkyl halides is 1. The number of thiophene rings is 2. The molecule has 0 aromatic carbocycles. The van der Waals surface area contributed by atoms with E-state index in [1.807, 2.05) is 35.0 Å². The summed E-state index contributed by atoms with van der Waals surface area (Å²) in [6.07, 6.45) is 0. The first kappa shape index (κ1) is 14.0. The van der Waals surface area contributed by atoms with Crippen LogP contribution in [0.2, 0.25) is 0 Å². The summed E-state index contributed by atoms with van der Waals surface area (Å²) in [6, 6.07) is 7.68. The number of sulfonamides is 1. The quantitative estimate of drug-likeness (QED) is 0.765. The van der Waals surface area contributed by atoms with Crippen LogP contribution >= 0.6 is 34.3 Å². The molecule has 98 valence electrons. The lowest BCUT2D eigenvalue weighted by Gasteiger charge is -2.19. The number of hydrogen-bond donors (Lipinski definition) is 0. The number of hydrogen-bond acceptors (Lipinski definition) is 4. The minimum atomic E-state index is -3.40. The third kappa shape index (κ3) is 3.55. The summed E-state index contributed by atoms with van der Waals surface area (Å²) in [5.74, 6) is 0. The Morgan fingerprint density at radius 2 is 1.56 bits per heavy atom. The highest BCUT2D eigenvalue weighted by atomic mass is 35.5. The number of halogens is 1. The molecule has 3 nitrogen and oxygen atoms in total. The zero-order valence-corrected chi connectivity index (χ0v) is 12.7. The van der Waals surface area contributed by atoms with Gasteiger partial charge in [0.25, 0.3) is 0 Å². The van der Waals surface area contributed by atoms with E-state index in [1.165, 1.54) is 4.31 Å². The van der Waals surface area contributed by atoms with Gasteiger partial charge in [0.2, 0.25) is 10.0 Å². The van der Waals surface area contributed by atoms with Gasteiger partial charge < -0.3 is 0 Å². The van der Waals surface area contributed by atoms with Crippen molar-refractivity contribution in [1.82, 2.24) is 4.31 Å². The molecule has 0 bridgehead atoms. The molecule has 0 saturated heterocycles. The molecule has 18 heavy (non-hydrogen) atoms. The molecule has 0 amide bonds. The molecule has 0 aliphatic carbocycles. The fourth-order valence-corrected chi connectivity index (χ4v) is 4.30. The van der Waals surface area contributed by atoms with E-state index in [0.717, 1.165) is 9.75 Å². The van der Waals surface area contributed by atoms with E-state index in [-0.39, 0.29) is 5.21 Å². The van der Waals surface area contributed by atoms with Crippen LogP contribution in [0.1, 0.15) is 9.75 Å². The minimum absolute atomic E-state index is 0.380. The van der Waals surface area contributed by atoms with E-state index in [0.29, 0.717) is 13.1 Å². The number of nitrogens with zero attached hydrogens (tertiary/aromatic N) is 1. The smallest absolute Gasteiger partial charge is 0.211 e. The molecule has 2 aromatic rings. The standard InChI is InChI=1S/C11H12ClNO2S3/c12-9-18(14,15)13(7-10-3-1-5-16-10)8-11-4-2-6-17-11/h1-6H,7-9H2. The third-order valence-electron chi connectivity index (χ3n) is 2.36. The molecular formula is C11H12ClNO2S3.